The Bertz CT molecular complexity index is 3860. The standard InChI is InChI=1S/C68H91N11O28S/c1-9-31(2)52-61(92)71-25-50(87)72-45-30-108(99)63-40(23-43(58(89)70-26-51(88)76-52)73-62(93)53(32(3)47(85)28-80)77-60(91)46-21-37(84)27-79(46)64(94)44(24-49(69)86)74-59(45)90)39-16-15-38(22-42(39)75-63)101-19-13-11-10-12-18-78(7)68(98)102-29-36-14-17-48(41(20-36)65(95)96)106-67-57(105-35(6)83)55(104-34(5)82)54(103-33(4)81)56(107-67)66(97)100-8/h14-17,20,22,31-32,37,43-47,52-57,67,75,80,84-85H,9-13,18-19,21,23-30H2,1-8H3,(H2,69,86)(H,70,89)(H,71,92)(H,72,87)(H,73,93)(H,74,90)(H,76,88)(H,77,91)(H,95,96)/t31-,32-,37+,43-,44-,45-,46-,47-,52?,53-,54?,55-,56-,57+,67?,108?/m0/s1. The molecule has 4 aliphatic rings. The van der Waals surface area contributed by atoms with Crippen LogP contribution in [0.5, 0.6) is 11.5 Å². The number of fused-ring (bicyclic) bond motifs is 5. The van der Waals surface area contributed by atoms with Gasteiger partial charge in [-0.25, -0.2) is 14.4 Å². The molecular formula is C68H91N11O28S. The highest BCUT2D eigenvalue weighted by molar-refractivity contribution is 7.91. The van der Waals surface area contributed by atoms with Gasteiger partial charge >= 0.3 is 35.9 Å². The van der Waals surface area contributed by atoms with Gasteiger partial charge in [0.1, 0.15) is 59.6 Å². The number of aromatic amines is 1. The first-order chi connectivity index (χ1) is 51.1. The molecule has 40 heteroatoms. The molecule has 5 heterocycles. The first kappa shape index (κ1) is 84.8. The molecule has 2 fully saturated rings. The minimum atomic E-state index is -2.48. The Morgan fingerprint density at radius 1 is 0.778 bits per heavy atom. The Kier molecular flexibility index (Phi) is 30.6. The van der Waals surface area contributed by atoms with Crippen LogP contribution in [0.1, 0.15) is 108 Å². The second kappa shape index (κ2) is 38.9. The molecule has 1 aromatic heterocycles. The van der Waals surface area contributed by atoms with Gasteiger partial charge < -0.3 is 121 Å². The number of unbranched alkanes of at least 4 members (excludes halogenated alkanes) is 3. The van der Waals surface area contributed by atoms with Crippen molar-refractivity contribution < 1.29 is 135 Å². The van der Waals surface area contributed by atoms with E-state index in [0.29, 0.717) is 32.1 Å². The van der Waals surface area contributed by atoms with E-state index in [4.69, 9.17) is 43.6 Å². The monoisotopic (exact) mass is 1540 g/mol. The summed E-state index contributed by atoms with van der Waals surface area (Å²) in [6.07, 6.45) is -12.3. The Balaban J connectivity index is 1.09. The summed E-state index contributed by atoms with van der Waals surface area (Å²) in [7, 11) is 2.47. The molecule has 0 saturated carbocycles. The highest BCUT2D eigenvalue weighted by Crippen LogP contribution is 2.35. The molecule has 0 spiro atoms. The minimum absolute atomic E-state index is 0.0541. The molecule has 0 aliphatic carbocycles. The van der Waals surface area contributed by atoms with Crippen LogP contribution in [0.3, 0.4) is 0 Å². The van der Waals surface area contributed by atoms with Crippen LogP contribution in [0.15, 0.2) is 41.4 Å². The van der Waals surface area contributed by atoms with E-state index in [1.54, 1.807) is 13.8 Å². The lowest BCUT2D eigenvalue weighted by Crippen LogP contribution is -2.64. The van der Waals surface area contributed by atoms with Crippen molar-refractivity contribution in [3.8, 4) is 11.5 Å². The van der Waals surface area contributed by atoms with Crippen molar-refractivity contribution in [1.29, 1.82) is 0 Å². The molecule has 7 rings (SSSR count). The third kappa shape index (κ3) is 22.6. The maximum Gasteiger partial charge on any atom is 0.409 e. The fourth-order valence-corrected chi connectivity index (χ4v) is 13.8. The summed E-state index contributed by atoms with van der Waals surface area (Å²) in [5.74, 6) is -18.0. The predicted octanol–water partition coefficient (Wildman–Crippen LogP) is -3.65. The number of esters is 4. The molecule has 108 heavy (non-hydrogen) atoms. The van der Waals surface area contributed by atoms with Crippen LogP contribution < -0.4 is 52.4 Å². The topological polar surface area (TPSA) is 566 Å². The Labute approximate surface area is 620 Å². The number of aliphatic hydroxyl groups excluding tert-OH is 3. The summed E-state index contributed by atoms with van der Waals surface area (Å²) < 4.78 is 59.2. The smallest absolute Gasteiger partial charge is 0.409 e. The molecule has 2 aromatic carbocycles. The van der Waals surface area contributed by atoms with Gasteiger partial charge in [0.25, 0.3) is 0 Å². The first-order valence-electron chi connectivity index (χ1n) is 34.6. The van der Waals surface area contributed by atoms with E-state index in [9.17, 15) is 92.3 Å². The number of carboxylic acids is 1. The molecule has 14 N–H and O–H groups in total. The average molecular weight is 1540 g/mol. The third-order valence-corrected chi connectivity index (χ3v) is 19.6. The molecule has 16 atom stereocenters. The Hall–Kier alpha value is -10.4. The van der Waals surface area contributed by atoms with E-state index in [2.05, 4.69) is 42.2 Å². The van der Waals surface area contributed by atoms with E-state index < -0.39 is 260 Å². The average Bonchev–Trinajstić information content (AvgIpc) is 1.53. The number of amides is 10. The van der Waals surface area contributed by atoms with Crippen LogP contribution in [0.25, 0.3) is 10.9 Å². The van der Waals surface area contributed by atoms with Crippen LogP contribution in [0.2, 0.25) is 0 Å². The fraction of sp³-hybridized carbons (Fsp3) is 0.574. The quantitative estimate of drug-likeness (QED) is 0.0178. The van der Waals surface area contributed by atoms with Crippen molar-refractivity contribution in [3.63, 3.8) is 0 Å². The highest BCUT2D eigenvalue weighted by Gasteiger charge is 2.56. The Morgan fingerprint density at radius 3 is 2.08 bits per heavy atom. The number of H-pyrrole nitrogens is 1. The second-order valence-electron chi connectivity index (χ2n) is 26.3. The van der Waals surface area contributed by atoms with Gasteiger partial charge in [-0.05, 0) is 48.6 Å². The first-order valence-corrected chi connectivity index (χ1v) is 35.9. The van der Waals surface area contributed by atoms with Crippen molar-refractivity contribution in [2.24, 2.45) is 17.6 Å². The summed E-state index contributed by atoms with van der Waals surface area (Å²) in [4.78, 5) is 207. The number of nitrogens with zero attached hydrogens (tertiary/aromatic N) is 2. The molecule has 592 valence electrons. The summed E-state index contributed by atoms with van der Waals surface area (Å²) in [6, 6.07) is -2.13. The number of hydrogen-bond acceptors (Lipinski definition) is 27. The van der Waals surface area contributed by atoms with Gasteiger partial charge in [-0.15, -0.1) is 0 Å². The molecule has 2 bridgehead atoms. The molecule has 4 aliphatic heterocycles. The van der Waals surface area contributed by atoms with Gasteiger partial charge in [0.15, 0.2) is 24.4 Å². The van der Waals surface area contributed by atoms with Crippen molar-refractivity contribution >= 4 is 111 Å². The number of aromatic carboxylic acids is 1. The zero-order valence-corrected chi connectivity index (χ0v) is 61.2. The van der Waals surface area contributed by atoms with E-state index in [-0.39, 0.29) is 46.0 Å². The molecule has 2 saturated heterocycles. The zero-order valence-electron chi connectivity index (χ0n) is 60.4. The van der Waals surface area contributed by atoms with Gasteiger partial charge in [0.05, 0.1) is 57.6 Å². The number of rotatable bonds is 24. The maximum atomic E-state index is 15.2. The van der Waals surface area contributed by atoms with Crippen LogP contribution >= 0.6 is 0 Å². The molecule has 4 unspecified atom stereocenters. The van der Waals surface area contributed by atoms with Crippen LogP contribution in [0.4, 0.5) is 4.79 Å². The van der Waals surface area contributed by atoms with Gasteiger partial charge in [-0.2, -0.15) is 0 Å². The van der Waals surface area contributed by atoms with Gasteiger partial charge in [0.2, 0.25) is 70.6 Å². The number of primary amides is 1. The van der Waals surface area contributed by atoms with E-state index in [0.717, 1.165) is 38.8 Å². The van der Waals surface area contributed by atoms with Gasteiger partial charge in [-0.1, -0.05) is 46.1 Å². The van der Waals surface area contributed by atoms with Crippen molar-refractivity contribution in [2.75, 3.05) is 59.3 Å². The number of methoxy groups -OCH3 is 1. The number of nitrogens with two attached hydrogens (primary N) is 1. The lowest BCUT2D eigenvalue weighted by Gasteiger charge is -2.43. The van der Waals surface area contributed by atoms with Crippen molar-refractivity contribution in [1.82, 2.24) is 52.0 Å². The number of aromatic nitrogens is 1. The molecular weight excluding hydrogens is 1450 g/mol. The largest absolute Gasteiger partial charge is 0.610 e. The number of carbonyl (C=O) groups excluding carboxylic acids is 14. The van der Waals surface area contributed by atoms with Crippen molar-refractivity contribution in [2.45, 2.75) is 184 Å². The third-order valence-electron chi connectivity index (χ3n) is 18.2. The van der Waals surface area contributed by atoms with Crippen molar-refractivity contribution in [3.05, 3.63) is 53.1 Å². The minimum Gasteiger partial charge on any atom is -0.610 e. The van der Waals surface area contributed by atoms with Crippen LogP contribution in [-0.2, 0) is 115 Å². The van der Waals surface area contributed by atoms with Crippen LogP contribution in [-0.4, -0.2) is 267 Å². The number of carbonyl (C=O) groups is 15. The molecule has 0 radical (unpaired) electrons. The molecule has 39 nitrogen and oxygen atoms in total. The number of carboxylic acid groups (broad SMARTS) is 1. The summed E-state index contributed by atoms with van der Waals surface area (Å²) >= 11 is -2.48. The second-order valence-corrected chi connectivity index (χ2v) is 27.7. The summed E-state index contributed by atoms with van der Waals surface area (Å²) in [5.41, 5.74) is 5.52. The maximum absolute atomic E-state index is 15.2. The predicted molar refractivity (Wildman–Crippen MR) is 369 cm³/mol. The van der Waals surface area contributed by atoms with Gasteiger partial charge in [0, 0.05) is 87.9 Å². The lowest BCUT2D eigenvalue weighted by molar-refractivity contribution is -0.282. The SMILES string of the molecule is CC[C@H](C)C1NC(=O)CNC(=O)[C@@H]2Cc3c([nH]c4cc(OCCCCCCN(C)C(=O)OCc5ccc(OC6O[C@H](C(=O)OC)C(OC(C)=O)[C@H](OC(C)=O)[C@H]6OC(C)=O)c(C(=O)O)c5)ccc34)[S+]([O-])C[C@H](NC(=O)CNC1=O)C(=O)N[C@@H](CC(N)=O)C(=O)N1C[C@H](O)C[C@H]1C(=O)N[C@@H]([C@@H](C)[C@@H](O)CO)C(=O)N2. The number of ether oxygens (including phenoxy) is 8. The zero-order chi connectivity index (χ0) is 79.5. The number of benzene rings is 2. The van der Waals surface area contributed by atoms with E-state index in [1.165, 1.54) is 49.2 Å². The highest BCUT2D eigenvalue weighted by atomic mass is 32.2. The number of hydrogen-bond donors (Lipinski definition) is 13. The summed E-state index contributed by atoms with van der Waals surface area (Å²) in [5, 5.41) is 59.5. The Morgan fingerprint density at radius 2 is 1.44 bits per heavy atom. The molecule has 3 aromatic rings. The van der Waals surface area contributed by atoms with Gasteiger partial charge in [-0.3, -0.25) is 57.5 Å². The van der Waals surface area contributed by atoms with E-state index in [1.807, 2.05) is 0 Å². The molecule has 10 amide bonds. The number of aliphatic hydroxyl groups is 3. The number of nitrogens with one attached hydrogen (secondary N) is 8. The van der Waals surface area contributed by atoms with Crippen LogP contribution in [0, 0.1) is 11.8 Å². The lowest BCUT2D eigenvalue weighted by atomic mass is 9.93. The fourth-order valence-electron chi connectivity index (χ4n) is 12.4. The summed E-state index contributed by atoms with van der Waals surface area (Å²) in [6.45, 7) is 4.38. The van der Waals surface area contributed by atoms with E-state index >= 15 is 4.55 Å². The normalized spacial score (nSPS) is 25.6.